The van der Waals surface area contributed by atoms with Crippen molar-refractivity contribution in [1.82, 2.24) is 10.6 Å². The van der Waals surface area contributed by atoms with E-state index in [9.17, 15) is 9.59 Å². The monoisotopic (exact) mass is 276 g/mol. The molecular formula is C15H20N2O3. The Kier molecular flexibility index (Phi) is 3.70. The summed E-state index contributed by atoms with van der Waals surface area (Å²) in [7, 11) is 0. The molecule has 2 rings (SSSR count). The highest BCUT2D eigenvalue weighted by atomic mass is 16.6. The van der Waals surface area contributed by atoms with Gasteiger partial charge in [-0.25, -0.2) is 4.79 Å². The van der Waals surface area contributed by atoms with E-state index in [1.807, 2.05) is 30.3 Å². The van der Waals surface area contributed by atoms with Crippen molar-refractivity contribution >= 4 is 12.0 Å². The standard InChI is InChI=1S/C15H20N2O3/c1-14(2,3)20-13(19)17-15(10-16-12(15)18)9-11-7-5-4-6-8-11/h4-8H,9-10H2,1-3H3,(H,16,18)(H,17,19)/t15-/m1/s1. The zero-order valence-electron chi connectivity index (χ0n) is 12.0. The highest BCUT2D eigenvalue weighted by molar-refractivity contribution is 5.96. The van der Waals surface area contributed by atoms with Gasteiger partial charge in [0.05, 0.1) is 6.54 Å². The third kappa shape index (κ3) is 3.29. The molecule has 1 atom stereocenters. The van der Waals surface area contributed by atoms with Gasteiger partial charge in [-0.05, 0) is 26.3 Å². The van der Waals surface area contributed by atoms with Crippen molar-refractivity contribution in [3.05, 3.63) is 35.9 Å². The SMILES string of the molecule is CC(C)(C)OC(=O)N[C@]1(Cc2ccccc2)CNC1=O. The van der Waals surface area contributed by atoms with Gasteiger partial charge >= 0.3 is 6.09 Å². The summed E-state index contributed by atoms with van der Waals surface area (Å²) in [6.45, 7) is 5.78. The van der Waals surface area contributed by atoms with E-state index in [1.165, 1.54) is 0 Å². The zero-order chi connectivity index (χ0) is 14.8. The molecule has 20 heavy (non-hydrogen) atoms. The van der Waals surface area contributed by atoms with Gasteiger partial charge in [0, 0.05) is 6.42 Å². The minimum absolute atomic E-state index is 0.174. The highest BCUT2D eigenvalue weighted by Crippen LogP contribution is 2.20. The fraction of sp³-hybridized carbons (Fsp3) is 0.467. The topological polar surface area (TPSA) is 67.4 Å². The Bertz CT molecular complexity index is 508. The normalized spacial score (nSPS) is 21.6. The van der Waals surface area contributed by atoms with Gasteiger partial charge in [0.1, 0.15) is 11.1 Å². The van der Waals surface area contributed by atoms with Crippen LogP contribution in [0, 0.1) is 0 Å². The summed E-state index contributed by atoms with van der Waals surface area (Å²) in [5.41, 5.74) is -0.486. The third-order valence-corrected chi connectivity index (χ3v) is 3.07. The summed E-state index contributed by atoms with van der Waals surface area (Å²) in [4.78, 5) is 23.8. The van der Waals surface area contributed by atoms with Crippen LogP contribution in [-0.4, -0.2) is 29.7 Å². The molecule has 1 aliphatic rings. The number of hydrogen-bond acceptors (Lipinski definition) is 3. The average Bonchev–Trinajstić information content (AvgIpc) is 2.35. The minimum Gasteiger partial charge on any atom is -0.444 e. The summed E-state index contributed by atoms with van der Waals surface area (Å²) in [5, 5.41) is 5.39. The number of alkyl carbamates (subject to hydrolysis) is 1. The predicted octanol–water partition coefficient (Wildman–Crippen LogP) is 1.62. The Labute approximate surface area is 118 Å². The summed E-state index contributed by atoms with van der Waals surface area (Å²) >= 11 is 0. The summed E-state index contributed by atoms with van der Waals surface area (Å²) in [6, 6.07) is 9.60. The van der Waals surface area contributed by atoms with Crippen LogP contribution in [-0.2, 0) is 16.0 Å². The first-order valence-corrected chi connectivity index (χ1v) is 6.64. The van der Waals surface area contributed by atoms with Crippen LogP contribution in [0.2, 0.25) is 0 Å². The number of hydrogen-bond donors (Lipinski definition) is 2. The first kappa shape index (κ1) is 14.4. The van der Waals surface area contributed by atoms with Crippen LogP contribution in [0.3, 0.4) is 0 Å². The Morgan fingerprint density at radius 2 is 2.00 bits per heavy atom. The number of rotatable bonds is 3. The molecule has 1 heterocycles. The maximum atomic E-state index is 11.9. The molecule has 1 saturated heterocycles. The highest BCUT2D eigenvalue weighted by Gasteiger charge is 2.48. The number of carbonyl (C=O) groups excluding carboxylic acids is 2. The molecule has 2 amide bonds. The van der Waals surface area contributed by atoms with E-state index in [0.717, 1.165) is 5.56 Å². The number of carbonyl (C=O) groups is 2. The first-order valence-electron chi connectivity index (χ1n) is 6.64. The van der Waals surface area contributed by atoms with Crippen molar-refractivity contribution in [2.75, 3.05) is 6.54 Å². The second-order valence-corrected chi connectivity index (χ2v) is 6.05. The van der Waals surface area contributed by atoms with Crippen molar-refractivity contribution in [1.29, 1.82) is 0 Å². The van der Waals surface area contributed by atoms with Crippen molar-refractivity contribution in [3.63, 3.8) is 0 Å². The summed E-state index contributed by atoms with van der Waals surface area (Å²) in [6.07, 6.45) is -0.109. The smallest absolute Gasteiger partial charge is 0.408 e. The van der Waals surface area contributed by atoms with Gasteiger partial charge < -0.3 is 15.4 Å². The molecule has 0 radical (unpaired) electrons. The van der Waals surface area contributed by atoms with E-state index in [-0.39, 0.29) is 5.91 Å². The van der Waals surface area contributed by atoms with Gasteiger partial charge in [-0.15, -0.1) is 0 Å². The van der Waals surface area contributed by atoms with Crippen LogP contribution in [0.4, 0.5) is 4.79 Å². The maximum absolute atomic E-state index is 11.9. The van der Waals surface area contributed by atoms with Crippen molar-refractivity contribution in [2.45, 2.75) is 38.3 Å². The largest absolute Gasteiger partial charge is 0.444 e. The molecule has 5 nitrogen and oxygen atoms in total. The molecule has 2 N–H and O–H groups in total. The molecule has 1 aliphatic heterocycles. The van der Waals surface area contributed by atoms with Crippen LogP contribution in [0.5, 0.6) is 0 Å². The molecule has 0 aromatic heterocycles. The number of β-lactam (4-membered cyclic amide) rings is 1. The molecule has 108 valence electrons. The Hall–Kier alpha value is -2.04. The molecular weight excluding hydrogens is 256 g/mol. The van der Waals surface area contributed by atoms with Gasteiger partial charge in [-0.2, -0.15) is 0 Å². The van der Waals surface area contributed by atoms with Crippen LogP contribution < -0.4 is 10.6 Å². The lowest BCUT2D eigenvalue weighted by atomic mass is 9.84. The van der Waals surface area contributed by atoms with Crippen molar-refractivity contribution in [3.8, 4) is 0 Å². The van der Waals surface area contributed by atoms with Crippen molar-refractivity contribution < 1.29 is 14.3 Å². The maximum Gasteiger partial charge on any atom is 0.408 e. The zero-order valence-corrected chi connectivity index (χ0v) is 12.0. The van der Waals surface area contributed by atoms with E-state index < -0.39 is 17.2 Å². The predicted molar refractivity (Wildman–Crippen MR) is 75.3 cm³/mol. The molecule has 1 aromatic rings. The quantitative estimate of drug-likeness (QED) is 0.824. The van der Waals surface area contributed by atoms with Crippen LogP contribution in [0.25, 0.3) is 0 Å². The van der Waals surface area contributed by atoms with Gasteiger partial charge in [0.2, 0.25) is 5.91 Å². The number of amides is 2. The van der Waals surface area contributed by atoms with Crippen LogP contribution >= 0.6 is 0 Å². The second kappa shape index (κ2) is 5.15. The minimum atomic E-state index is -0.899. The van der Waals surface area contributed by atoms with E-state index in [1.54, 1.807) is 20.8 Å². The average molecular weight is 276 g/mol. The second-order valence-electron chi connectivity index (χ2n) is 6.05. The lowest BCUT2D eigenvalue weighted by molar-refractivity contribution is -0.135. The lowest BCUT2D eigenvalue weighted by Crippen LogP contribution is -2.74. The Morgan fingerprint density at radius 3 is 2.45 bits per heavy atom. The van der Waals surface area contributed by atoms with E-state index in [4.69, 9.17) is 4.74 Å². The van der Waals surface area contributed by atoms with Gasteiger partial charge in [-0.1, -0.05) is 30.3 Å². The molecule has 0 aliphatic carbocycles. The van der Waals surface area contributed by atoms with E-state index in [0.29, 0.717) is 13.0 Å². The summed E-state index contributed by atoms with van der Waals surface area (Å²) in [5.74, 6) is -0.174. The van der Waals surface area contributed by atoms with Gasteiger partial charge in [-0.3, -0.25) is 4.79 Å². The number of ether oxygens (including phenoxy) is 1. The molecule has 5 heteroatoms. The van der Waals surface area contributed by atoms with E-state index >= 15 is 0 Å². The Balaban J connectivity index is 2.07. The molecule has 1 fully saturated rings. The molecule has 1 aromatic carbocycles. The summed E-state index contributed by atoms with van der Waals surface area (Å²) < 4.78 is 5.23. The van der Waals surface area contributed by atoms with Crippen LogP contribution in [0.15, 0.2) is 30.3 Å². The van der Waals surface area contributed by atoms with Gasteiger partial charge in [0.25, 0.3) is 0 Å². The molecule has 0 bridgehead atoms. The van der Waals surface area contributed by atoms with Gasteiger partial charge in [0.15, 0.2) is 0 Å². The van der Waals surface area contributed by atoms with Crippen LogP contribution in [0.1, 0.15) is 26.3 Å². The molecule has 0 spiro atoms. The molecule has 0 unspecified atom stereocenters. The fourth-order valence-corrected chi connectivity index (χ4v) is 2.11. The fourth-order valence-electron chi connectivity index (χ4n) is 2.11. The third-order valence-electron chi connectivity index (χ3n) is 3.07. The number of nitrogens with one attached hydrogen (secondary N) is 2. The Morgan fingerprint density at radius 1 is 1.35 bits per heavy atom. The van der Waals surface area contributed by atoms with Crippen molar-refractivity contribution in [2.24, 2.45) is 0 Å². The first-order chi connectivity index (χ1) is 9.31. The number of benzene rings is 1. The van der Waals surface area contributed by atoms with E-state index in [2.05, 4.69) is 10.6 Å². The lowest BCUT2D eigenvalue weighted by Gasteiger charge is -2.41. The molecule has 0 saturated carbocycles.